The van der Waals surface area contributed by atoms with Gasteiger partial charge in [-0.3, -0.25) is 5.41 Å². The number of rotatable bonds is 1. The summed E-state index contributed by atoms with van der Waals surface area (Å²) in [5, 5.41) is 10.7. The van der Waals surface area contributed by atoms with Crippen LogP contribution in [0, 0.1) is 10.8 Å². The molecule has 1 unspecified atom stereocenters. The molecule has 0 fully saturated rings. The third kappa shape index (κ3) is 2.19. The number of fused-ring (bicyclic) bond motifs is 1. The Kier molecular flexibility index (Phi) is 2.66. The zero-order chi connectivity index (χ0) is 11.9. The molecule has 88 valence electrons. The third-order valence-electron chi connectivity index (χ3n) is 2.92. The van der Waals surface area contributed by atoms with E-state index in [1.165, 1.54) is 17.0 Å². The molecule has 0 spiro atoms. The maximum absolute atomic E-state index is 7.20. The van der Waals surface area contributed by atoms with Crippen LogP contribution in [0.25, 0.3) is 0 Å². The normalized spacial score (nSPS) is 22.6. The first kappa shape index (κ1) is 11.4. The van der Waals surface area contributed by atoms with E-state index in [-0.39, 0.29) is 5.96 Å². The molecule has 1 aromatic heterocycles. The Morgan fingerprint density at radius 1 is 1.62 bits per heavy atom. The monoisotopic (exact) mass is 238 g/mol. The van der Waals surface area contributed by atoms with E-state index >= 15 is 0 Å². The van der Waals surface area contributed by atoms with E-state index in [0.29, 0.717) is 11.3 Å². The number of nitrogens with one attached hydrogen (secondary N) is 2. The molecular formula is C11H18N4S. The Hall–Kier alpha value is -1.10. The number of hydrogen-bond acceptors (Lipinski definition) is 3. The molecule has 0 bridgehead atoms. The summed E-state index contributed by atoms with van der Waals surface area (Å²) in [6.45, 7) is 6.81. The SMILES string of the molecule is CC1CC(C)(C)Cc2nc(NC(=N)N)sc21. The maximum Gasteiger partial charge on any atom is 0.192 e. The average molecular weight is 238 g/mol. The van der Waals surface area contributed by atoms with Crippen molar-refractivity contribution in [3.8, 4) is 0 Å². The first-order chi connectivity index (χ1) is 7.37. The fourth-order valence-electron chi connectivity index (χ4n) is 2.49. The maximum atomic E-state index is 7.20. The summed E-state index contributed by atoms with van der Waals surface area (Å²) >= 11 is 1.63. The summed E-state index contributed by atoms with van der Waals surface area (Å²) in [7, 11) is 0. The van der Waals surface area contributed by atoms with E-state index in [4.69, 9.17) is 11.1 Å². The summed E-state index contributed by atoms with van der Waals surface area (Å²) in [4.78, 5) is 5.87. The Balaban J connectivity index is 2.30. The molecular weight excluding hydrogens is 220 g/mol. The van der Waals surface area contributed by atoms with Gasteiger partial charge in [-0.25, -0.2) is 4.98 Å². The minimum Gasteiger partial charge on any atom is -0.370 e. The van der Waals surface area contributed by atoms with E-state index in [1.54, 1.807) is 11.3 Å². The molecule has 2 rings (SSSR count). The molecule has 0 radical (unpaired) electrons. The molecule has 0 aliphatic heterocycles. The summed E-state index contributed by atoms with van der Waals surface area (Å²) in [6.07, 6.45) is 2.21. The van der Waals surface area contributed by atoms with Gasteiger partial charge in [-0.05, 0) is 24.2 Å². The Bertz CT molecular complexity index is 422. The molecule has 0 saturated heterocycles. The van der Waals surface area contributed by atoms with Gasteiger partial charge in [-0.1, -0.05) is 20.8 Å². The lowest BCUT2D eigenvalue weighted by atomic mass is 9.74. The van der Waals surface area contributed by atoms with Crippen molar-refractivity contribution in [1.82, 2.24) is 4.98 Å². The van der Waals surface area contributed by atoms with Crippen molar-refractivity contribution in [2.75, 3.05) is 5.32 Å². The van der Waals surface area contributed by atoms with Gasteiger partial charge in [0.2, 0.25) is 0 Å². The number of nitrogens with zero attached hydrogens (tertiary/aromatic N) is 1. The van der Waals surface area contributed by atoms with Crippen LogP contribution in [0.4, 0.5) is 5.13 Å². The molecule has 1 aliphatic carbocycles. The molecule has 1 aromatic rings. The van der Waals surface area contributed by atoms with E-state index in [0.717, 1.165) is 11.6 Å². The van der Waals surface area contributed by atoms with Crippen LogP contribution in [0.2, 0.25) is 0 Å². The fraction of sp³-hybridized carbons (Fsp3) is 0.636. The minimum atomic E-state index is -0.0435. The number of anilines is 1. The first-order valence-electron chi connectivity index (χ1n) is 5.48. The molecule has 0 amide bonds. The molecule has 16 heavy (non-hydrogen) atoms. The predicted molar refractivity (Wildman–Crippen MR) is 68.2 cm³/mol. The lowest BCUT2D eigenvalue weighted by molar-refractivity contribution is 0.288. The highest BCUT2D eigenvalue weighted by molar-refractivity contribution is 7.16. The molecule has 0 aromatic carbocycles. The second-order valence-electron chi connectivity index (χ2n) is 5.31. The minimum absolute atomic E-state index is 0.0435. The molecule has 0 saturated carbocycles. The zero-order valence-corrected chi connectivity index (χ0v) is 10.7. The van der Waals surface area contributed by atoms with E-state index in [2.05, 4.69) is 31.1 Å². The highest BCUT2D eigenvalue weighted by Crippen LogP contribution is 2.44. The first-order valence-corrected chi connectivity index (χ1v) is 6.30. The predicted octanol–water partition coefficient (Wildman–Crippen LogP) is 2.52. The van der Waals surface area contributed by atoms with E-state index in [1.807, 2.05) is 0 Å². The van der Waals surface area contributed by atoms with Crippen molar-refractivity contribution in [3.63, 3.8) is 0 Å². The number of nitrogens with two attached hydrogens (primary N) is 1. The highest BCUT2D eigenvalue weighted by atomic mass is 32.1. The molecule has 1 atom stereocenters. The summed E-state index contributed by atoms with van der Waals surface area (Å²) in [5.41, 5.74) is 6.81. The highest BCUT2D eigenvalue weighted by Gasteiger charge is 2.32. The zero-order valence-electron chi connectivity index (χ0n) is 9.92. The van der Waals surface area contributed by atoms with Gasteiger partial charge in [-0.2, -0.15) is 0 Å². The Labute approximate surface area is 99.8 Å². The van der Waals surface area contributed by atoms with E-state index < -0.39 is 0 Å². The number of aromatic nitrogens is 1. The smallest absolute Gasteiger partial charge is 0.192 e. The Morgan fingerprint density at radius 3 is 2.94 bits per heavy atom. The van der Waals surface area contributed by atoms with Crippen molar-refractivity contribution >= 4 is 22.4 Å². The van der Waals surface area contributed by atoms with Gasteiger partial charge in [0.1, 0.15) is 0 Å². The van der Waals surface area contributed by atoms with Gasteiger partial charge >= 0.3 is 0 Å². The van der Waals surface area contributed by atoms with Crippen LogP contribution in [-0.2, 0) is 6.42 Å². The average Bonchev–Trinajstić information content (AvgIpc) is 2.43. The molecule has 4 N–H and O–H groups in total. The third-order valence-corrected chi connectivity index (χ3v) is 4.17. The topological polar surface area (TPSA) is 74.8 Å². The van der Waals surface area contributed by atoms with E-state index in [9.17, 15) is 0 Å². The van der Waals surface area contributed by atoms with Gasteiger partial charge in [-0.15, -0.1) is 11.3 Å². The van der Waals surface area contributed by atoms with Crippen LogP contribution in [0.3, 0.4) is 0 Å². The summed E-state index contributed by atoms with van der Waals surface area (Å²) < 4.78 is 0. The molecule has 1 aliphatic rings. The Morgan fingerprint density at radius 2 is 2.31 bits per heavy atom. The van der Waals surface area contributed by atoms with Crippen LogP contribution in [-0.4, -0.2) is 10.9 Å². The van der Waals surface area contributed by atoms with Crippen LogP contribution in [0.1, 0.15) is 43.7 Å². The van der Waals surface area contributed by atoms with Crippen LogP contribution in [0.15, 0.2) is 0 Å². The van der Waals surface area contributed by atoms with Gasteiger partial charge in [0.05, 0.1) is 5.69 Å². The molecule has 1 heterocycles. The van der Waals surface area contributed by atoms with Crippen LogP contribution >= 0.6 is 11.3 Å². The fourth-order valence-corrected chi connectivity index (χ4v) is 3.54. The lowest BCUT2D eigenvalue weighted by Gasteiger charge is -2.32. The van der Waals surface area contributed by atoms with Crippen molar-refractivity contribution in [2.24, 2.45) is 11.1 Å². The lowest BCUT2D eigenvalue weighted by Crippen LogP contribution is -2.23. The van der Waals surface area contributed by atoms with Gasteiger partial charge in [0, 0.05) is 4.88 Å². The number of guanidine groups is 1. The number of hydrogen-bond donors (Lipinski definition) is 3. The largest absolute Gasteiger partial charge is 0.370 e. The second kappa shape index (κ2) is 3.73. The van der Waals surface area contributed by atoms with Gasteiger partial charge < -0.3 is 11.1 Å². The molecule has 5 heteroatoms. The van der Waals surface area contributed by atoms with Crippen molar-refractivity contribution in [2.45, 2.75) is 39.5 Å². The van der Waals surface area contributed by atoms with Gasteiger partial charge in [0.15, 0.2) is 11.1 Å². The summed E-state index contributed by atoms with van der Waals surface area (Å²) in [6, 6.07) is 0. The molecule has 4 nitrogen and oxygen atoms in total. The van der Waals surface area contributed by atoms with Crippen molar-refractivity contribution in [1.29, 1.82) is 5.41 Å². The van der Waals surface area contributed by atoms with Crippen molar-refractivity contribution < 1.29 is 0 Å². The van der Waals surface area contributed by atoms with Crippen LogP contribution < -0.4 is 11.1 Å². The van der Waals surface area contributed by atoms with Crippen LogP contribution in [0.5, 0.6) is 0 Å². The van der Waals surface area contributed by atoms with Crippen molar-refractivity contribution in [3.05, 3.63) is 10.6 Å². The number of thiazole rings is 1. The second-order valence-corrected chi connectivity index (χ2v) is 6.35. The quantitative estimate of drug-likeness (QED) is 0.520. The summed E-state index contributed by atoms with van der Waals surface area (Å²) in [5.74, 6) is 0.511. The standard InChI is InChI=1S/C11H18N4S/c1-6-4-11(2,3)5-7-8(6)16-10(14-7)15-9(12)13/h6H,4-5H2,1-3H3,(H4,12,13,14,15). The van der Waals surface area contributed by atoms with Gasteiger partial charge in [0.25, 0.3) is 0 Å².